The van der Waals surface area contributed by atoms with Crippen molar-refractivity contribution in [2.45, 2.75) is 6.54 Å². The Hall–Kier alpha value is -3.28. The first kappa shape index (κ1) is 20.0. The lowest BCUT2D eigenvalue weighted by atomic mass is 10.2. The first-order valence-corrected chi connectivity index (χ1v) is 9.92. The molecule has 0 radical (unpaired) electrons. The zero-order valence-electron chi connectivity index (χ0n) is 15.7. The van der Waals surface area contributed by atoms with E-state index in [1.54, 1.807) is 24.4 Å². The summed E-state index contributed by atoms with van der Waals surface area (Å²) in [6.45, 7) is 0.607. The molecule has 1 heterocycles. The Morgan fingerprint density at radius 1 is 1.03 bits per heavy atom. The Morgan fingerprint density at radius 2 is 1.80 bits per heavy atom. The number of phenolic OH excluding ortho intramolecular Hbond substituents is 1. The molecule has 0 aliphatic carbocycles. The van der Waals surface area contributed by atoms with E-state index in [1.807, 2.05) is 42.6 Å². The smallest absolute Gasteiger partial charge is 0.275 e. The Bertz CT molecular complexity index is 1260. The fourth-order valence-electron chi connectivity index (χ4n) is 3.23. The molecule has 0 atom stereocenters. The van der Waals surface area contributed by atoms with E-state index in [4.69, 9.17) is 23.2 Å². The number of hydrogen-bond acceptors (Lipinski definition) is 3. The zero-order chi connectivity index (χ0) is 21.1. The van der Waals surface area contributed by atoms with Crippen LogP contribution >= 0.6 is 23.2 Å². The van der Waals surface area contributed by atoms with Crippen molar-refractivity contribution in [3.8, 4) is 5.75 Å². The number of rotatable bonds is 5. The molecule has 7 heteroatoms. The Balaban J connectivity index is 1.59. The quantitative estimate of drug-likeness (QED) is 0.321. The van der Waals surface area contributed by atoms with Crippen molar-refractivity contribution < 1.29 is 9.90 Å². The Labute approximate surface area is 183 Å². The molecular weight excluding hydrogens is 421 g/mol. The lowest BCUT2D eigenvalue weighted by molar-refractivity contribution is 0.0952. The van der Waals surface area contributed by atoms with Gasteiger partial charge in [0.25, 0.3) is 5.91 Å². The van der Waals surface area contributed by atoms with Gasteiger partial charge < -0.3 is 9.67 Å². The van der Waals surface area contributed by atoms with Crippen molar-refractivity contribution in [1.29, 1.82) is 0 Å². The minimum absolute atomic E-state index is 0.0940. The van der Waals surface area contributed by atoms with Crippen LogP contribution in [0.2, 0.25) is 10.0 Å². The van der Waals surface area contributed by atoms with E-state index in [-0.39, 0.29) is 11.3 Å². The van der Waals surface area contributed by atoms with Crippen LogP contribution in [0.15, 0.2) is 78.0 Å². The first-order chi connectivity index (χ1) is 14.5. The third-order valence-electron chi connectivity index (χ3n) is 4.67. The van der Waals surface area contributed by atoms with Gasteiger partial charge in [-0.25, -0.2) is 5.43 Å². The van der Waals surface area contributed by atoms with Gasteiger partial charge in [-0.1, -0.05) is 59.6 Å². The van der Waals surface area contributed by atoms with Crippen LogP contribution in [0.5, 0.6) is 5.75 Å². The van der Waals surface area contributed by atoms with E-state index in [0.717, 1.165) is 22.0 Å². The molecular formula is C23H17Cl2N3O2. The average molecular weight is 438 g/mol. The van der Waals surface area contributed by atoms with Gasteiger partial charge in [-0.2, -0.15) is 5.10 Å². The van der Waals surface area contributed by atoms with Gasteiger partial charge in [0.15, 0.2) is 0 Å². The summed E-state index contributed by atoms with van der Waals surface area (Å²) >= 11 is 12.2. The maximum atomic E-state index is 12.2. The molecule has 5 nitrogen and oxygen atoms in total. The van der Waals surface area contributed by atoms with Crippen LogP contribution in [0.1, 0.15) is 21.5 Å². The van der Waals surface area contributed by atoms with E-state index in [9.17, 15) is 9.90 Å². The molecule has 30 heavy (non-hydrogen) atoms. The highest BCUT2D eigenvalue weighted by Crippen LogP contribution is 2.25. The van der Waals surface area contributed by atoms with Crippen LogP contribution in [0, 0.1) is 0 Å². The summed E-state index contributed by atoms with van der Waals surface area (Å²) in [5, 5.41) is 15.9. The second-order valence-electron chi connectivity index (χ2n) is 6.69. The van der Waals surface area contributed by atoms with Crippen molar-refractivity contribution in [3.63, 3.8) is 0 Å². The number of aromatic nitrogens is 1. The van der Waals surface area contributed by atoms with Crippen LogP contribution in [0.4, 0.5) is 0 Å². The van der Waals surface area contributed by atoms with Gasteiger partial charge in [-0.15, -0.1) is 0 Å². The summed E-state index contributed by atoms with van der Waals surface area (Å²) in [5.41, 5.74) is 5.51. The number of aromatic hydroxyl groups is 1. The number of benzene rings is 3. The molecule has 2 N–H and O–H groups in total. The third kappa shape index (κ3) is 4.17. The normalized spacial score (nSPS) is 11.3. The van der Waals surface area contributed by atoms with Crippen LogP contribution in [0.3, 0.4) is 0 Å². The fraction of sp³-hybridized carbons (Fsp3) is 0.0435. The second-order valence-corrected chi connectivity index (χ2v) is 7.51. The number of carbonyl (C=O) groups is 1. The van der Waals surface area contributed by atoms with Gasteiger partial charge in [0.1, 0.15) is 5.75 Å². The van der Waals surface area contributed by atoms with Crippen LogP contribution in [-0.4, -0.2) is 21.8 Å². The van der Waals surface area contributed by atoms with E-state index in [0.29, 0.717) is 16.6 Å². The predicted octanol–water partition coefficient (Wildman–Crippen LogP) is 5.47. The predicted molar refractivity (Wildman–Crippen MR) is 121 cm³/mol. The molecule has 1 aromatic heterocycles. The molecule has 4 rings (SSSR count). The molecule has 150 valence electrons. The summed E-state index contributed by atoms with van der Waals surface area (Å²) in [4.78, 5) is 12.2. The third-order valence-corrected chi connectivity index (χ3v) is 5.41. The second kappa shape index (κ2) is 8.61. The van der Waals surface area contributed by atoms with Gasteiger partial charge in [0.05, 0.1) is 21.8 Å². The average Bonchev–Trinajstić information content (AvgIpc) is 3.08. The number of carbonyl (C=O) groups excluding carboxylic acids is 1. The number of para-hydroxylation sites is 2. The number of halogens is 2. The van der Waals surface area contributed by atoms with Crippen LogP contribution in [0.25, 0.3) is 10.9 Å². The standard InChI is InChI=1S/C23H17Cl2N3O2/c24-19-10-9-15(11-20(19)25)13-28-14-16(17-5-1-3-7-21(17)28)12-26-27-23(30)18-6-2-4-8-22(18)29/h1-12,14,29H,13H2,(H,27,30)/b26-12+. The minimum atomic E-state index is -0.483. The summed E-state index contributed by atoms with van der Waals surface area (Å²) in [5.74, 6) is -0.577. The summed E-state index contributed by atoms with van der Waals surface area (Å²) < 4.78 is 2.08. The van der Waals surface area contributed by atoms with Crippen molar-refractivity contribution >= 4 is 46.2 Å². The largest absolute Gasteiger partial charge is 0.507 e. The van der Waals surface area contributed by atoms with E-state index >= 15 is 0 Å². The van der Waals surface area contributed by atoms with E-state index in [1.165, 1.54) is 12.1 Å². The van der Waals surface area contributed by atoms with Gasteiger partial charge in [0.2, 0.25) is 0 Å². The van der Waals surface area contributed by atoms with Crippen molar-refractivity contribution in [2.75, 3.05) is 0 Å². The molecule has 0 aliphatic heterocycles. The Morgan fingerprint density at radius 3 is 2.60 bits per heavy atom. The molecule has 0 bridgehead atoms. The van der Waals surface area contributed by atoms with Gasteiger partial charge in [-0.3, -0.25) is 4.79 Å². The van der Waals surface area contributed by atoms with Crippen molar-refractivity contribution in [1.82, 2.24) is 9.99 Å². The number of nitrogens with zero attached hydrogens (tertiary/aromatic N) is 2. The lowest BCUT2D eigenvalue weighted by Crippen LogP contribution is -2.17. The Kier molecular flexibility index (Phi) is 5.74. The number of phenols is 1. The van der Waals surface area contributed by atoms with Crippen molar-refractivity contribution in [3.05, 3.63) is 99.7 Å². The van der Waals surface area contributed by atoms with Crippen molar-refractivity contribution in [2.24, 2.45) is 5.10 Å². The summed E-state index contributed by atoms with van der Waals surface area (Å²) in [6, 6.07) is 19.8. The highest BCUT2D eigenvalue weighted by atomic mass is 35.5. The molecule has 0 spiro atoms. The monoisotopic (exact) mass is 437 g/mol. The molecule has 3 aromatic carbocycles. The SMILES string of the molecule is O=C(N/N=C/c1cn(Cc2ccc(Cl)c(Cl)c2)c2ccccc12)c1ccccc1O. The number of fused-ring (bicyclic) bond motifs is 1. The molecule has 0 fully saturated rings. The maximum absolute atomic E-state index is 12.2. The number of amides is 1. The molecule has 0 saturated carbocycles. The summed E-state index contributed by atoms with van der Waals surface area (Å²) in [7, 11) is 0. The number of hydrogen-bond donors (Lipinski definition) is 2. The summed E-state index contributed by atoms with van der Waals surface area (Å²) in [6.07, 6.45) is 3.55. The lowest BCUT2D eigenvalue weighted by Gasteiger charge is -2.06. The number of nitrogens with one attached hydrogen (secondary N) is 1. The highest BCUT2D eigenvalue weighted by molar-refractivity contribution is 6.42. The van der Waals surface area contributed by atoms with Gasteiger partial charge in [0, 0.05) is 29.2 Å². The molecule has 0 unspecified atom stereocenters. The van der Waals surface area contributed by atoms with Crippen LogP contribution < -0.4 is 5.43 Å². The van der Waals surface area contributed by atoms with E-state index < -0.39 is 5.91 Å². The molecule has 0 aliphatic rings. The topological polar surface area (TPSA) is 66.6 Å². The fourth-order valence-corrected chi connectivity index (χ4v) is 3.55. The van der Waals surface area contributed by atoms with E-state index in [2.05, 4.69) is 15.1 Å². The van der Waals surface area contributed by atoms with Crippen LogP contribution in [-0.2, 0) is 6.54 Å². The van der Waals surface area contributed by atoms with Gasteiger partial charge >= 0.3 is 0 Å². The first-order valence-electron chi connectivity index (χ1n) is 9.16. The highest BCUT2D eigenvalue weighted by Gasteiger charge is 2.10. The molecule has 4 aromatic rings. The minimum Gasteiger partial charge on any atom is -0.507 e. The van der Waals surface area contributed by atoms with Gasteiger partial charge in [-0.05, 0) is 35.9 Å². The number of hydrazone groups is 1. The zero-order valence-corrected chi connectivity index (χ0v) is 17.2. The molecule has 0 saturated heterocycles. The maximum Gasteiger partial charge on any atom is 0.275 e. The molecule has 1 amide bonds.